The highest BCUT2D eigenvalue weighted by Gasteiger charge is 2.03. The van der Waals surface area contributed by atoms with Gasteiger partial charge in [0.1, 0.15) is 12.2 Å². The topological polar surface area (TPSA) is 97.0 Å². The molecule has 0 aliphatic heterocycles. The van der Waals surface area contributed by atoms with Gasteiger partial charge in [0.25, 0.3) is 0 Å². The van der Waals surface area contributed by atoms with Gasteiger partial charge in [-0.3, -0.25) is 9.89 Å². The fourth-order valence-corrected chi connectivity index (χ4v) is 1.57. The van der Waals surface area contributed by atoms with Gasteiger partial charge in [0, 0.05) is 6.08 Å². The van der Waals surface area contributed by atoms with Gasteiger partial charge in [0.15, 0.2) is 0 Å². The maximum atomic E-state index is 11.6. The highest BCUT2D eigenvalue weighted by molar-refractivity contribution is 5.92. The lowest BCUT2D eigenvalue weighted by Gasteiger charge is -2.00. The lowest BCUT2D eigenvalue weighted by atomic mass is 10.1. The van der Waals surface area contributed by atoms with E-state index < -0.39 is 5.97 Å². The van der Waals surface area contributed by atoms with Gasteiger partial charge in [0.05, 0.1) is 19.2 Å². The first-order chi connectivity index (χ1) is 10.2. The van der Waals surface area contributed by atoms with E-state index in [-0.39, 0.29) is 12.5 Å². The number of H-pyrrole nitrogens is 1. The van der Waals surface area contributed by atoms with Crippen LogP contribution in [0.15, 0.2) is 36.7 Å². The van der Waals surface area contributed by atoms with Gasteiger partial charge in [0.2, 0.25) is 5.91 Å². The monoisotopic (exact) mass is 286 g/mol. The smallest absolute Gasteiger partial charge is 0.337 e. The Morgan fingerprint density at radius 3 is 2.71 bits per heavy atom. The van der Waals surface area contributed by atoms with Crippen LogP contribution in [-0.2, 0) is 16.1 Å². The molecule has 21 heavy (non-hydrogen) atoms. The average Bonchev–Trinajstić information content (AvgIpc) is 3.04. The Balaban J connectivity index is 1.88. The number of carbonyl (C=O) groups is 2. The zero-order chi connectivity index (χ0) is 15.1. The Bertz CT molecular complexity index is 633. The fourth-order valence-electron chi connectivity index (χ4n) is 1.57. The molecule has 1 aromatic heterocycles. The van der Waals surface area contributed by atoms with E-state index in [0.29, 0.717) is 11.4 Å². The van der Waals surface area contributed by atoms with Crippen LogP contribution in [0.25, 0.3) is 6.08 Å². The highest BCUT2D eigenvalue weighted by Crippen LogP contribution is 2.07. The molecule has 0 spiro atoms. The molecule has 0 aliphatic carbocycles. The summed E-state index contributed by atoms with van der Waals surface area (Å²) in [5.74, 6) is -0.0574. The summed E-state index contributed by atoms with van der Waals surface area (Å²) in [5, 5.41) is 8.99. The van der Waals surface area contributed by atoms with E-state index >= 15 is 0 Å². The third-order valence-electron chi connectivity index (χ3n) is 2.65. The molecule has 0 aliphatic rings. The number of ether oxygens (including phenoxy) is 1. The summed E-state index contributed by atoms with van der Waals surface area (Å²) in [6.45, 7) is 0.282. The molecule has 0 fully saturated rings. The number of methoxy groups -OCH3 is 1. The molecule has 0 radical (unpaired) electrons. The Kier molecular flexibility index (Phi) is 4.81. The van der Waals surface area contributed by atoms with Crippen LogP contribution >= 0.6 is 0 Å². The summed E-state index contributed by atoms with van der Waals surface area (Å²) in [7, 11) is 1.33. The van der Waals surface area contributed by atoms with E-state index in [1.807, 2.05) is 0 Å². The largest absolute Gasteiger partial charge is 0.465 e. The third-order valence-corrected chi connectivity index (χ3v) is 2.65. The van der Waals surface area contributed by atoms with E-state index in [0.717, 1.165) is 5.56 Å². The van der Waals surface area contributed by atoms with Crippen molar-refractivity contribution in [2.45, 2.75) is 6.54 Å². The minimum absolute atomic E-state index is 0.247. The molecule has 2 aromatic rings. The zero-order valence-corrected chi connectivity index (χ0v) is 11.4. The van der Waals surface area contributed by atoms with Crippen LogP contribution in [0.1, 0.15) is 21.7 Å². The van der Waals surface area contributed by atoms with E-state index in [2.05, 4.69) is 25.2 Å². The van der Waals surface area contributed by atoms with E-state index in [4.69, 9.17) is 0 Å². The van der Waals surface area contributed by atoms with Gasteiger partial charge in [-0.15, -0.1) is 0 Å². The number of carbonyl (C=O) groups excluding carboxylic acids is 2. The number of nitrogens with zero attached hydrogens (tertiary/aromatic N) is 2. The summed E-state index contributed by atoms with van der Waals surface area (Å²) in [4.78, 5) is 26.8. The Labute approximate surface area is 121 Å². The summed E-state index contributed by atoms with van der Waals surface area (Å²) in [6.07, 6.45) is 4.43. The number of amides is 1. The molecule has 0 atom stereocenters. The van der Waals surface area contributed by atoms with Crippen LogP contribution < -0.4 is 5.32 Å². The van der Waals surface area contributed by atoms with Crippen molar-refractivity contribution in [1.82, 2.24) is 20.5 Å². The molecule has 0 unspecified atom stereocenters. The third kappa shape index (κ3) is 4.27. The van der Waals surface area contributed by atoms with E-state index in [1.165, 1.54) is 19.5 Å². The van der Waals surface area contributed by atoms with Crippen molar-refractivity contribution in [3.63, 3.8) is 0 Å². The van der Waals surface area contributed by atoms with Crippen LogP contribution in [0, 0.1) is 0 Å². The number of hydrogen-bond donors (Lipinski definition) is 2. The van der Waals surface area contributed by atoms with Crippen LogP contribution in [-0.4, -0.2) is 34.2 Å². The maximum absolute atomic E-state index is 11.6. The maximum Gasteiger partial charge on any atom is 0.337 e. The molecule has 0 saturated carbocycles. The van der Waals surface area contributed by atoms with Gasteiger partial charge >= 0.3 is 5.97 Å². The molecular weight excluding hydrogens is 272 g/mol. The lowest BCUT2D eigenvalue weighted by molar-refractivity contribution is -0.116. The van der Waals surface area contributed by atoms with Crippen molar-refractivity contribution in [2.75, 3.05) is 7.11 Å². The average molecular weight is 286 g/mol. The molecule has 2 N–H and O–H groups in total. The molecule has 7 nitrogen and oxygen atoms in total. The molecule has 1 amide bonds. The van der Waals surface area contributed by atoms with Crippen LogP contribution in [0.4, 0.5) is 0 Å². The molecule has 0 bridgehead atoms. The number of rotatable bonds is 5. The first-order valence-corrected chi connectivity index (χ1v) is 6.17. The predicted molar refractivity (Wildman–Crippen MR) is 75.0 cm³/mol. The van der Waals surface area contributed by atoms with Crippen LogP contribution in [0.2, 0.25) is 0 Å². The molecule has 7 heteroatoms. The number of esters is 1. The molecule has 2 rings (SSSR count). The SMILES string of the molecule is COC(=O)c1ccc(C=CC(=O)NCc2ncn[nH]2)cc1. The second kappa shape index (κ2) is 6.99. The van der Waals surface area contributed by atoms with E-state index in [9.17, 15) is 9.59 Å². The van der Waals surface area contributed by atoms with Gasteiger partial charge in [-0.05, 0) is 23.8 Å². The standard InChI is InChI=1S/C14H14N4O3/c1-21-14(20)11-5-2-10(3-6-11)4-7-13(19)15-8-12-16-9-17-18-12/h2-7,9H,8H2,1H3,(H,15,19)(H,16,17,18). The molecule has 1 aromatic carbocycles. The van der Waals surface area contributed by atoms with Crippen molar-refractivity contribution in [3.8, 4) is 0 Å². The van der Waals surface area contributed by atoms with Crippen molar-refractivity contribution in [1.29, 1.82) is 0 Å². The minimum Gasteiger partial charge on any atom is -0.465 e. The second-order valence-electron chi connectivity index (χ2n) is 4.10. The molecule has 0 saturated heterocycles. The first kappa shape index (κ1) is 14.4. The predicted octanol–water partition coefficient (Wildman–Crippen LogP) is 0.921. The summed E-state index contributed by atoms with van der Waals surface area (Å²) < 4.78 is 4.61. The summed E-state index contributed by atoms with van der Waals surface area (Å²) in [6, 6.07) is 6.73. The van der Waals surface area contributed by atoms with Crippen molar-refractivity contribution >= 4 is 18.0 Å². The van der Waals surface area contributed by atoms with Crippen molar-refractivity contribution < 1.29 is 14.3 Å². The van der Waals surface area contributed by atoms with Crippen molar-refractivity contribution in [3.05, 3.63) is 53.6 Å². The second-order valence-corrected chi connectivity index (χ2v) is 4.10. The van der Waals surface area contributed by atoms with Crippen molar-refractivity contribution in [2.24, 2.45) is 0 Å². The number of nitrogens with one attached hydrogen (secondary N) is 2. The minimum atomic E-state index is -0.393. The van der Waals surface area contributed by atoms with Gasteiger partial charge in [-0.2, -0.15) is 5.10 Å². The molecular formula is C14H14N4O3. The van der Waals surface area contributed by atoms with Gasteiger partial charge in [-0.25, -0.2) is 9.78 Å². The Morgan fingerprint density at radius 2 is 2.10 bits per heavy atom. The number of benzene rings is 1. The zero-order valence-electron chi connectivity index (χ0n) is 11.4. The lowest BCUT2D eigenvalue weighted by Crippen LogP contribution is -2.20. The normalized spacial score (nSPS) is 10.5. The number of aromatic nitrogens is 3. The van der Waals surface area contributed by atoms with Gasteiger partial charge < -0.3 is 10.1 Å². The van der Waals surface area contributed by atoms with E-state index in [1.54, 1.807) is 30.3 Å². The molecule has 108 valence electrons. The first-order valence-electron chi connectivity index (χ1n) is 6.17. The Hall–Kier alpha value is -2.96. The molecule has 1 heterocycles. The van der Waals surface area contributed by atoms with Crippen LogP contribution in [0.5, 0.6) is 0 Å². The highest BCUT2D eigenvalue weighted by atomic mass is 16.5. The number of aromatic amines is 1. The van der Waals surface area contributed by atoms with Crippen LogP contribution in [0.3, 0.4) is 0 Å². The fraction of sp³-hybridized carbons (Fsp3) is 0.143. The summed E-state index contributed by atoms with van der Waals surface area (Å²) >= 11 is 0. The quantitative estimate of drug-likeness (QED) is 0.629. The Morgan fingerprint density at radius 1 is 1.33 bits per heavy atom. The summed E-state index contributed by atoms with van der Waals surface area (Å²) in [5.41, 5.74) is 1.27. The number of hydrogen-bond acceptors (Lipinski definition) is 5. The van der Waals surface area contributed by atoms with Gasteiger partial charge in [-0.1, -0.05) is 12.1 Å².